The maximum absolute atomic E-state index is 11.4. The van der Waals surface area contributed by atoms with Crippen LogP contribution in [0.5, 0.6) is 0 Å². The Morgan fingerprint density at radius 3 is 2.07 bits per heavy atom. The third-order valence-electron chi connectivity index (χ3n) is 1.62. The van der Waals surface area contributed by atoms with Gasteiger partial charge in [-0.15, -0.1) is 0 Å². The average Bonchev–Trinajstić information content (AvgIpc) is 2.16. The van der Waals surface area contributed by atoms with Crippen LogP contribution in [-0.2, 0) is 4.79 Å². The molecule has 0 radical (unpaired) electrons. The Morgan fingerprint density at radius 1 is 1.14 bits per heavy atom. The molecule has 0 heterocycles. The molecule has 0 saturated carbocycles. The van der Waals surface area contributed by atoms with Crippen molar-refractivity contribution in [2.45, 2.75) is 0 Å². The SMILES string of the molecule is C=C(C(=O)Cl)C(=O)c1ccc(Cl)cc1. The van der Waals surface area contributed by atoms with Gasteiger partial charge in [0.05, 0.1) is 5.57 Å². The first-order valence-corrected chi connectivity index (χ1v) is 4.47. The Labute approximate surface area is 91.1 Å². The first kappa shape index (κ1) is 11.0. The third kappa shape index (κ3) is 2.44. The van der Waals surface area contributed by atoms with Crippen LogP contribution in [0.2, 0.25) is 5.02 Å². The van der Waals surface area contributed by atoms with Crippen LogP contribution in [0.15, 0.2) is 36.4 Å². The van der Waals surface area contributed by atoms with E-state index >= 15 is 0 Å². The summed E-state index contributed by atoms with van der Waals surface area (Å²) in [5.74, 6) is -0.485. The molecule has 0 atom stereocenters. The summed E-state index contributed by atoms with van der Waals surface area (Å²) in [6.07, 6.45) is 0. The van der Waals surface area contributed by atoms with E-state index in [9.17, 15) is 9.59 Å². The molecule has 14 heavy (non-hydrogen) atoms. The highest BCUT2D eigenvalue weighted by Crippen LogP contribution is 2.13. The number of Topliss-reactive ketones (excluding diaryl/α,β-unsaturated/α-hetero) is 1. The Bertz CT molecular complexity index is 393. The highest BCUT2D eigenvalue weighted by atomic mass is 35.5. The number of benzene rings is 1. The van der Waals surface area contributed by atoms with Gasteiger partial charge in [-0.1, -0.05) is 18.2 Å². The summed E-state index contributed by atoms with van der Waals surface area (Å²) in [7, 11) is 0. The van der Waals surface area contributed by atoms with Crippen LogP contribution in [-0.4, -0.2) is 11.0 Å². The van der Waals surface area contributed by atoms with Crippen molar-refractivity contribution in [2.75, 3.05) is 0 Å². The zero-order valence-corrected chi connectivity index (χ0v) is 8.60. The molecule has 1 aromatic carbocycles. The van der Waals surface area contributed by atoms with Crippen molar-refractivity contribution in [2.24, 2.45) is 0 Å². The van der Waals surface area contributed by atoms with Crippen molar-refractivity contribution in [1.29, 1.82) is 0 Å². The molecule has 2 nitrogen and oxygen atoms in total. The second-order valence-corrected chi connectivity index (χ2v) is 3.37. The topological polar surface area (TPSA) is 34.1 Å². The molecule has 72 valence electrons. The summed E-state index contributed by atoms with van der Waals surface area (Å²) >= 11 is 10.8. The van der Waals surface area contributed by atoms with Crippen molar-refractivity contribution < 1.29 is 9.59 Å². The van der Waals surface area contributed by atoms with Gasteiger partial charge in [-0.05, 0) is 35.9 Å². The number of carbonyl (C=O) groups is 2. The molecule has 0 saturated heterocycles. The molecule has 0 aliphatic heterocycles. The largest absolute Gasteiger partial charge is 0.288 e. The predicted octanol–water partition coefficient (Wildman–Crippen LogP) is 2.84. The van der Waals surface area contributed by atoms with Crippen LogP contribution in [0.25, 0.3) is 0 Å². The Morgan fingerprint density at radius 2 is 1.64 bits per heavy atom. The van der Waals surface area contributed by atoms with E-state index in [1.165, 1.54) is 12.1 Å². The molecule has 1 rings (SSSR count). The maximum Gasteiger partial charge on any atom is 0.255 e. The van der Waals surface area contributed by atoms with Crippen LogP contribution in [0, 0.1) is 0 Å². The smallest absolute Gasteiger partial charge is 0.255 e. The van der Waals surface area contributed by atoms with Gasteiger partial charge in [0, 0.05) is 10.6 Å². The van der Waals surface area contributed by atoms with Crippen molar-refractivity contribution in [1.82, 2.24) is 0 Å². The number of carbonyl (C=O) groups excluding carboxylic acids is 2. The van der Waals surface area contributed by atoms with Gasteiger partial charge in [0.15, 0.2) is 5.78 Å². The fraction of sp³-hybridized carbons (Fsp3) is 0. The van der Waals surface area contributed by atoms with Gasteiger partial charge < -0.3 is 0 Å². The summed E-state index contributed by atoms with van der Waals surface area (Å²) in [4.78, 5) is 22.1. The number of hydrogen-bond acceptors (Lipinski definition) is 2. The van der Waals surface area contributed by atoms with E-state index < -0.39 is 11.0 Å². The van der Waals surface area contributed by atoms with E-state index in [4.69, 9.17) is 23.2 Å². The molecule has 1 aromatic rings. The van der Waals surface area contributed by atoms with Crippen LogP contribution in [0.1, 0.15) is 10.4 Å². The van der Waals surface area contributed by atoms with Gasteiger partial charge >= 0.3 is 0 Å². The molecule has 0 amide bonds. The molecule has 0 spiro atoms. The Balaban J connectivity index is 2.96. The van der Waals surface area contributed by atoms with Gasteiger partial charge in [-0.3, -0.25) is 9.59 Å². The third-order valence-corrected chi connectivity index (χ3v) is 2.10. The lowest BCUT2D eigenvalue weighted by atomic mass is 10.1. The summed E-state index contributed by atoms with van der Waals surface area (Å²) in [6, 6.07) is 6.13. The molecule has 4 heteroatoms. The second-order valence-electron chi connectivity index (χ2n) is 2.59. The summed E-state index contributed by atoms with van der Waals surface area (Å²) < 4.78 is 0. The highest BCUT2D eigenvalue weighted by molar-refractivity contribution is 6.71. The number of rotatable bonds is 3. The number of ketones is 1. The zero-order chi connectivity index (χ0) is 10.7. The summed E-state index contributed by atoms with van der Waals surface area (Å²) in [6.45, 7) is 3.29. The minimum Gasteiger partial charge on any atom is -0.288 e. The second kappa shape index (κ2) is 4.40. The van der Waals surface area contributed by atoms with E-state index in [1.54, 1.807) is 12.1 Å². The molecule has 0 aliphatic rings. The van der Waals surface area contributed by atoms with E-state index in [0.29, 0.717) is 10.6 Å². The average molecular weight is 229 g/mol. The first-order valence-electron chi connectivity index (χ1n) is 3.71. The van der Waals surface area contributed by atoms with Gasteiger partial charge in [0.2, 0.25) is 0 Å². The minimum atomic E-state index is -0.843. The lowest BCUT2D eigenvalue weighted by Crippen LogP contribution is -2.07. The van der Waals surface area contributed by atoms with E-state index in [0.717, 1.165) is 0 Å². The number of halogens is 2. The summed E-state index contributed by atoms with van der Waals surface area (Å²) in [5.41, 5.74) is 0.0994. The highest BCUT2D eigenvalue weighted by Gasteiger charge is 2.14. The molecule has 0 N–H and O–H groups in total. The molecular formula is C10H6Cl2O2. The monoisotopic (exact) mass is 228 g/mol. The maximum atomic E-state index is 11.4. The van der Waals surface area contributed by atoms with Crippen molar-refractivity contribution in [3.63, 3.8) is 0 Å². The first-order chi connectivity index (χ1) is 6.52. The van der Waals surface area contributed by atoms with Crippen molar-refractivity contribution >= 4 is 34.2 Å². The van der Waals surface area contributed by atoms with Crippen LogP contribution in [0.4, 0.5) is 0 Å². The minimum absolute atomic E-state index is 0.242. The van der Waals surface area contributed by atoms with Crippen LogP contribution >= 0.6 is 23.2 Å². The molecule has 0 aromatic heterocycles. The van der Waals surface area contributed by atoms with Crippen LogP contribution < -0.4 is 0 Å². The van der Waals surface area contributed by atoms with Gasteiger partial charge in [0.1, 0.15) is 0 Å². The summed E-state index contributed by atoms with van der Waals surface area (Å²) in [5, 5.41) is -0.325. The van der Waals surface area contributed by atoms with E-state index in [2.05, 4.69) is 6.58 Å². The molecule has 0 unspecified atom stereocenters. The van der Waals surface area contributed by atoms with Crippen molar-refractivity contribution in [3.8, 4) is 0 Å². The molecular weight excluding hydrogens is 223 g/mol. The predicted molar refractivity (Wildman–Crippen MR) is 55.8 cm³/mol. The normalized spacial score (nSPS) is 9.57. The van der Waals surface area contributed by atoms with Gasteiger partial charge in [-0.25, -0.2) is 0 Å². The van der Waals surface area contributed by atoms with Crippen molar-refractivity contribution in [3.05, 3.63) is 47.0 Å². The molecule has 0 aliphatic carbocycles. The fourth-order valence-corrected chi connectivity index (χ4v) is 1.08. The number of hydrogen-bond donors (Lipinski definition) is 0. The van der Waals surface area contributed by atoms with E-state index in [1.807, 2.05) is 0 Å². The number of allylic oxidation sites excluding steroid dienone is 1. The molecule has 0 fully saturated rings. The van der Waals surface area contributed by atoms with Crippen LogP contribution in [0.3, 0.4) is 0 Å². The van der Waals surface area contributed by atoms with Gasteiger partial charge in [-0.2, -0.15) is 0 Å². The van der Waals surface area contributed by atoms with Gasteiger partial charge in [0.25, 0.3) is 5.24 Å². The quantitative estimate of drug-likeness (QED) is 0.262. The fourth-order valence-electron chi connectivity index (χ4n) is 0.865. The Kier molecular flexibility index (Phi) is 3.44. The Hall–Kier alpha value is -1.12. The molecule has 0 bridgehead atoms. The zero-order valence-electron chi connectivity index (χ0n) is 7.09. The lowest BCUT2D eigenvalue weighted by Gasteiger charge is -1.99. The van der Waals surface area contributed by atoms with E-state index in [-0.39, 0.29) is 5.57 Å². The standard InChI is InChI=1S/C10H6Cl2O2/c1-6(10(12)14)9(13)7-2-4-8(11)5-3-7/h2-5H,1H2. The lowest BCUT2D eigenvalue weighted by molar-refractivity contribution is -0.108.